The number of carbonyl (C=O) groups is 1. The first-order valence-electron chi connectivity index (χ1n) is 9.24. The lowest BCUT2D eigenvalue weighted by atomic mass is 10.1. The first-order valence-corrected chi connectivity index (χ1v) is 9.24. The summed E-state index contributed by atoms with van der Waals surface area (Å²) in [6, 6.07) is 0.283. The monoisotopic (exact) mass is 298 g/mol. The summed E-state index contributed by atoms with van der Waals surface area (Å²) < 4.78 is 0. The largest absolute Gasteiger partial charge is 0.353 e. The molecule has 3 nitrogen and oxygen atoms in total. The molecule has 0 saturated carbocycles. The van der Waals surface area contributed by atoms with Crippen LogP contribution in [0.4, 0.5) is 0 Å². The van der Waals surface area contributed by atoms with Crippen LogP contribution in [0.15, 0.2) is 0 Å². The molecule has 126 valence electrons. The van der Waals surface area contributed by atoms with Crippen molar-refractivity contribution < 1.29 is 4.79 Å². The van der Waals surface area contributed by atoms with Crippen LogP contribution in [0, 0.1) is 0 Å². The average Bonchev–Trinajstić information content (AvgIpc) is 2.46. The third kappa shape index (κ3) is 14.1. The van der Waals surface area contributed by atoms with Crippen molar-refractivity contribution in [2.75, 3.05) is 6.54 Å². The Morgan fingerprint density at radius 1 is 0.857 bits per heavy atom. The number of amides is 1. The van der Waals surface area contributed by atoms with Gasteiger partial charge in [-0.3, -0.25) is 4.79 Å². The van der Waals surface area contributed by atoms with Crippen LogP contribution in [0.25, 0.3) is 0 Å². The van der Waals surface area contributed by atoms with E-state index in [9.17, 15) is 4.79 Å². The maximum absolute atomic E-state index is 11.9. The zero-order valence-electron chi connectivity index (χ0n) is 14.5. The molecule has 0 aliphatic rings. The van der Waals surface area contributed by atoms with Gasteiger partial charge >= 0.3 is 0 Å². The molecule has 0 radical (unpaired) electrons. The van der Waals surface area contributed by atoms with E-state index in [-0.39, 0.29) is 11.9 Å². The number of unbranched alkanes of at least 4 members (excludes halogenated alkanes) is 8. The normalized spacial score (nSPS) is 12.3. The summed E-state index contributed by atoms with van der Waals surface area (Å²) in [5.74, 6) is 0.213. The van der Waals surface area contributed by atoms with Gasteiger partial charge < -0.3 is 11.1 Å². The van der Waals surface area contributed by atoms with Crippen LogP contribution >= 0.6 is 0 Å². The maximum Gasteiger partial charge on any atom is 0.220 e. The molecule has 1 atom stereocenters. The minimum absolute atomic E-state index is 0.213. The number of hydrogen-bond acceptors (Lipinski definition) is 2. The molecule has 21 heavy (non-hydrogen) atoms. The second-order valence-electron chi connectivity index (χ2n) is 6.21. The standard InChI is InChI=1S/C18H38N2O/c1-3-5-6-7-8-9-10-11-12-14-18(21)20-17(13-4-2)15-16-19/h17H,3-16,19H2,1-2H3,(H,20,21). The van der Waals surface area contributed by atoms with Gasteiger partial charge in [0, 0.05) is 12.5 Å². The van der Waals surface area contributed by atoms with Crippen molar-refractivity contribution in [2.24, 2.45) is 5.73 Å². The van der Waals surface area contributed by atoms with Gasteiger partial charge in [0.05, 0.1) is 0 Å². The van der Waals surface area contributed by atoms with Gasteiger partial charge in [-0.05, 0) is 25.8 Å². The third-order valence-electron chi connectivity index (χ3n) is 4.02. The summed E-state index contributed by atoms with van der Waals surface area (Å²) in [6.45, 7) is 5.06. The fourth-order valence-corrected chi connectivity index (χ4v) is 2.73. The molecule has 0 aliphatic carbocycles. The summed E-state index contributed by atoms with van der Waals surface area (Å²) in [5, 5.41) is 3.13. The fourth-order valence-electron chi connectivity index (χ4n) is 2.73. The minimum atomic E-state index is 0.213. The first-order chi connectivity index (χ1) is 10.2. The van der Waals surface area contributed by atoms with Crippen molar-refractivity contribution in [3.05, 3.63) is 0 Å². The lowest BCUT2D eigenvalue weighted by molar-refractivity contribution is -0.122. The Kier molecular flexibility index (Phi) is 15.4. The van der Waals surface area contributed by atoms with E-state index in [2.05, 4.69) is 19.2 Å². The number of carbonyl (C=O) groups excluding carboxylic acids is 1. The van der Waals surface area contributed by atoms with Crippen molar-refractivity contribution in [3.8, 4) is 0 Å². The number of nitrogens with two attached hydrogens (primary N) is 1. The Labute approximate surface area is 132 Å². The molecule has 3 N–H and O–H groups in total. The molecule has 0 rings (SSSR count). The zero-order valence-corrected chi connectivity index (χ0v) is 14.5. The molecule has 1 unspecified atom stereocenters. The van der Waals surface area contributed by atoms with Crippen molar-refractivity contribution in [1.82, 2.24) is 5.32 Å². The predicted molar refractivity (Wildman–Crippen MR) is 92.4 cm³/mol. The van der Waals surface area contributed by atoms with Gasteiger partial charge in [0.25, 0.3) is 0 Å². The summed E-state index contributed by atoms with van der Waals surface area (Å²) in [6.07, 6.45) is 15.4. The Morgan fingerprint density at radius 3 is 1.95 bits per heavy atom. The highest BCUT2D eigenvalue weighted by atomic mass is 16.1. The van der Waals surface area contributed by atoms with Crippen LogP contribution in [0.5, 0.6) is 0 Å². The van der Waals surface area contributed by atoms with Gasteiger partial charge in [-0.1, -0.05) is 71.6 Å². The second-order valence-corrected chi connectivity index (χ2v) is 6.21. The van der Waals surface area contributed by atoms with E-state index < -0.39 is 0 Å². The van der Waals surface area contributed by atoms with Crippen molar-refractivity contribution in [3.63, 3.8) is 0 Å². The van der Waals surface area contributed by atoms with E-state index in [1.54, 1.807) is 0 Å². The van der Waals surface area contributed by atoms with Crippen LogP contribution in [-0.2, 0) is 4.79 Å². The van der Waals surface area contributed by atoms with Crippen LogP contribution in [0.3, 0.4) is 0 Å². The lowest BCUT2D eigenvalue weighted by Gasteiger charge is -2.17. The topological polar surface area (TPSA) is 55.1 Å². The SMILES string of the molecule is CCCCCCCCCCCC(=O)NC(CCC)CCN. The quantitative estimate of drug-likeness (QED) is 0.436. The number of nitrogens with one attached hydrogen (secondary N) is 1. The third-order valence-corrected chi connectivity index (χ3v) is 4.02. The Hall–Kier alpha value is -0.570. The highest BCUT2D eigenvalue weighted by molar-refractivity contribution is 5.76. The van der Waals surface area contributed by atoms with Gasteiger partial charge in [-0.2, -0.15) is 0 Å². The predicted octanol–water partition coefficient (Wildman–Crippen LogP) is 4.54. The number of hydrogen-bond donors (Lipinski definition) is 2. The molecular formula is C18H38N2O. The van der Waals surface area contributed by atoms with Crippen LogP contribution < -0.4 is 11.1 Å². The Morgan fingerprint density at radius 2 is 1.43 bits per heavy atom. The van der Waals surface area contributed by atoms with Crippen LogP contribution in [0.2, 0.25) is 0 Å². The molecule has 1 amide bonds. The first kappa shape index (κ1) is 20.4. The highest BCUT2D eigenvalue weighted by Crippen LogP contribution is 2.10. The summed E-state index contributed by atoms with van der Waals surface area (Å²) in [5.41, 5.74) is 5.58. The summed E-state index contributed by atoms with van der Waals surface area (Å²) in [7, 11) is 0. The molecule has 0 aliphatic heterocycles. The molecular weight excluding hydrogens is 260 g/mol. The maximum atomic E-state index is 11.9. The number of rotatable bonds is 15. The molecule has 3 heteroatoms. The molecule has 0 aromatic heterocycles. The lowest BCUT2D eigenvalue weighted by Crippen LogP contribution is -2.36. The Bertz CT molecular complexity index is 225. The van der Waals surface area contributed by atoms with Crippen LogP contribution in [-0.4, -0.2) is 18.5 Å². The van der Waals surface area contributed by atoms with Crippen LogP contribution in [0.1, 0.15) is 97.3 Å². The van der Waals surface area contributed by atoms with Crippen molar-refractivity contribution >= 4 is 5.91 Å². The van der Waals surface area contributed by atoms with E-state index in [1.807, 2.05) is 0 Å². The van der Waals surface area contributed by atoms with E-state index in [1.165, 1.54) is 51.4 Å². The fraction of sp³-hybridized carbons (Fsp3) is 0.944. The molecule has 0 heterocycles. The minimum Gasteiger partial charge on any atom is -0.353 e. The van der Waals surface area contributed by atoms with Gasteiger partial charge in [-0.25, -0.2) is 0 Å². The molecule has 0 aromatic carbocycles. The zero-order chi connectivity index (χ0) is 15.8. The average molecular weight is 299 g/mol. The van der Waals surface area contributed by atoms with E-state index in [0.717, 1.165) is 25.7 Å². The van der Waals surface area contributed by atoms with E-state index in [0.29, 0.717) is 13.0 Å². The van der Waals surface area contributed by atoms with Crippen molar-refractivity contribution in [2.45, 2.75) is 103 Å². The Balaban J connectivity index is 3.43. The van der Waals surface area contributed by atoms with E-state index in [4.69, 9.17) is 5.73 Å². The molecule has 0 fully saturated rings. The highest BCUT2D eigenvalue weighted by Gasteiger charge is 2.10. The van der Waals surface area contributed by atoms with Gasteiger partial charge in [0.2, 0.25) is 5.91 Å². The van der Waals surface area contributed by atoms with Crippen molar-refractivity contribution in [1.29, 1.82) is 0 Å². The van der Waals surface area contributed by atoms with Gasteiger partial charge in [-0.15, -0.1) is 0 Å². The smallest absolute Gasteiger partial charge is 0.220 e. The van der Waals surface area contributed by atoms with E-state index >= 15 is 0 Å². The summed E-state index contributed by atoms with van der Waals surface area (Å²) in [4.78, 5) is 11.9. The molecule has 0 bridgehead atoms. The molecule has 0 saturated heterocycles. The van der Waals surface area contributed by atoms with Gasteiger partial charge in [0.15, 0.2) is 0 Å². The van der Waals surface area contributed by atoms with Gasteiger partial charge in [0.1, 0.15) is 0 Å². The molecule has 0 aromatic rings. The second kappa shape index (κ2) is 15.8. The summed E-state index contributed by atoms with van der Waals surface area (Å²) >= 11 is 0. The molecule has 0 spiro atoms.